The minimum Gasteiger partial charge on any atom is -0.507 e. The Balaban J connectivity index is 2.68. The number of rotatable bonds is 2. The molecule has 0 amide bonds. The summed E-state index contributed by atoms with van der Waals surface area (Å²) in [6, 6.07) is 1.94. The van der Waals surface area contributed by atoms with E-state index in [4.69, 9.17) is 4.74 Å². The van der Waals surface area contributed by atoms with Crippen LogP contribution in [0.2, 0.25) is 0 Å². The summed E-state index contributed by atoms with van der Waals surface area (Å²) < 4.78 is 6.13. The van der Waals surface area contributed by atoms with Gasteiger partial charge in [-0.05, 0) is 28.7 Å². The number of hydrogen-bond acceptors (Lipinski definition) is 2. The van der Waals surface area contributed by atoms with Crippen LogP contribution in [0.25, 0.3) is 10.8 Å². The highest BCUT2D eigenvalue weighted by Gasteiger charge is 2.10. The van der Waals surface area contributed by atoms with Gasteiger partial charge in [-0.15, -0.1) is 0 Å². The van der Waals surface area contributed by atoms with Crippen molar-refractivity contribution in [1.82, 2.24) is 4.98 Å². The highest BCUT2D eigenvalue weighted by atomic mass is 127. The maximum absolute atomic E-state index is 9.89. The van der Waals surface area contributed by atoms with Crippen molar-refractivity contribution in [2.24, 2.45) is 0 Å². The normalized spacial score (nSPS) is 11.0. The molecule has 74 valence electrons. The summed E-state index contributed by atoms with van der Waals surface area (Å²) in [6.45, 7) is 0.433. The lowest BCUT2D eigenvalue weighted by molar-refractivity contribution is 0.182. The van der Waals surface area contributed by atoms with E-state index < -0.39 is 0 Å². The lowest BCUT2D eigenvalue weighted by Gasteiger charge is -2.06. The second-order valence-corrected chi connectivity index (χ2v) is 4.24. The minimum atomic E-state index is 0.309. The van der Waals surface area contributed by atoms with E-state index >= 15 is 0 Å². The Labute approximate surface area is 95.2 Å². The number of H-pyrrole nitrogens is 1. The monoisotopic (exact) mass is 303 g/mol. The van der Waals surface area contributed by atoms with E-state index in [1.165, 1.54) is 0 Å². The fourth-order valence-electron chi connectivity index (χ4n) is 1.49. The lowest BCUT2D eigenvalue weighted by Crippen LogP contribution is -1.90. The van der Waals surface area contributed by atoms with Crippen LogP contribution in [0.15, 0.2) is 18.5 Å². The van der Waals surface area contributed by atoms with Gasteiger partial charge in [-0.3, -0.25) is 0 Å². The van der Waals surface area contributed by atoms with Gasteiger partial charge >= 0.3 is 0 Å². The third kappa shape index (κ3) is 1.48. The van der Waals surface area contributed by atoms with Crippen molar-refractivity contribution in [1.29, 1.82) is 0 Å². The molecule has 2 N–H and O–H groups in total. The fourth-order valence-corrected chi connectivity index (χ4v) is 2.32. The van der Waals surface area contributed by atoms with Gasteiger partial charge < -0.3 is 14.8 Å². The van der Waals surface area contributed by atoms with E-state index in [1.54, 1.807) is 13.3 Å². The Kier molecular flexibility index (Phi) is 2.64. The highest BCUT2D eigenvalue weighted by molar-refractivity contribution is 14.1. The molecule has 0 spiro atoms. The minimum absolute atomic E-state index is 0.309. The van der Waals surface area contributed by atoms with Gasteiger partial charge in [0, 0.05) is 39.4 Å². The maximum atomic E-state index is 9.89. The van der Waals surface area contributed by atoms with Crippen molar-refractivity contribution in [2.45, 2.75) is 6.61 Å². The molecule has 0 fully saturated rings. The smallest absolute Gasteiger partial charge is 0.130 e. The zero-order chi connectivity index (χ0) is 10.1. The Bertz CT molecular complexity index is 464. The van der Waals surface area contributed by atoms with Crippen LogP contribution in [0, 0.1) is 3.57 Å². The summed E-state index contributed by atoms with van der Waals surface area (Å²) in [5.41, 5.74) is 0.823. The van der Waals surface area contributed by atoms with E-state index in [9.17, 15) is 5.11 Å². The first-order valence-electron chi connectivity index (χ1n) is 4.20. The molecule has 1 heterocycles. The lowest BCUT2D eigenvalue weighted by atomic mass is 10.1. The number of fused-ring (bicyclic) bond motifs is 1. The molecule has 3 nitrogen and oxygen atoms in total. The molecule has 4 heteroatoms. The van der Waals surface area contributed by atoms with Crippen molar-refractivity contribution in [3.63, 3.8) is 0 Å². The number of methoxy groups -OCH3 is 1. The van der Waals surface area contributed by atoms with Crippen molar-refractivity contribution >= 4 is 33.4 Å². The van der Waals surface area contributed by atoms with E-state index in [2.05, 4.69) is 27.6 Å². The SMILES string of the molecule is COCc1cc(I)c2c[nH]cc2c1O. The molecule has 1 aromatic heterocycles. The third-order valence-electron chi connectivity index (χ3n) is 2.16. The van der Waals surface area contributed by atoms with Crippen LogP contribution >= 0.6 is 22.6 Å². The number of phenolic OH excluding ortho intramolecular Hbond substituents is 1. The van der Waals surface area contributed by atoms with Crippen molar-refractivity contribution in [3.05, 3.63) is 27.6 Å². The number of aromatic amines is 1. The van der Waals surface area contributed by atoms with Crippen molar-refractivity contribution in [3.8, 4) is 5.75 Å². The quantitative estimate of drug-likeness (QED) is 0.838. The number of aromatic nitrogens is 1. The number of benzene rings is 1. The molecule has 0 aliphatic carbocycles. The molecule has 0 bridgehead atoms. The molecule has 0 unspecified atom stereocenters. The Morgan fingerprint density at radius 2 is 2.14 bits per heavy atom. The first-order valence-corrected chi connectivity index (χ1v) is 5.27. The van der Waals surface area contributed by atoms with Gasteiger partial charge in [-0.25, -0.2) is 0 Å². The largest absolute Gasteiger partial charge is 0.507 e. The van der Waals surface area contributed by atoms with Crippen LogP contribution in [0.3, 0.4) is 0 Å². The van der Waals surface area contributed by atoms with Crippen LogP contribution in [-0.2, 0) is 11.3 Å². The van der Waals surface area contributed by atoms with E-state index in [0.717, 1.165) is 19.9 Å². The van der Waals surface area contributed by atoms with E-state index in [0.29, 0.717) is 12.4 Å². The molecule has 0 radical (unpaired) electrons. The summed E-state index contributed by atoms with van der Waals surface area (Å²) >= 11 is 2.25. The highest BCUT2D eigenvalue weighted by Crippen LogP contribution is 2.32. The number of aromatic hydroxyl groups is 1. The summed E-state index contributed by atoms with van der Waals surface area (Å²) in [6.07, 6.45) is 3.68. The molecule has 14 heavy (non-hydrogen) atoms. The van der Waals surface area contributed by atoms with Gasteiger partial charge in [0.25, 0.3) is 0 Å². The maximum Gasteiger partial charge on any atom is 0.130 e. The molecule has 0 aliphatic rings. The molecule has 0 aliphatic heterocycles. The predicted molar refractivity (Wildman–Crippen MR) is 63.4 cm³/mol. The molecule has 2 rings (SSSR count). The van der Waals surface area contributed by atoms with E-state index in [1.807, 2.05) is 12.3 Å². The molecule has 2 aromatic rings. The summed E-state index contributed by atoms with van der Waals surface area (Å²) in [5.74, 6) is 0.309. The fraction of sp³-hybridized carbons (Fsp3) is 0.200. The van der Waals surface area contributed by atoms with Gasteiger partial charge in [0.1, 0.15) is 5.75 Å². The zero-order valence-corrected chi connectivity index (χ0v) is 9.83. The van der Waals surface area contributed by atoms with Crippen LogP contribution in [-0.4, -0.2) is 17.2 Å². The van der Waals surface area contributed by atoms with Crippen molar-refractivity contribution in [2.75, 3.05) is 7.11 Å². The Hall–Kier alpha value is -0.750. The van der Waals surface area contributed by atoms with Gasteiger partial charge in [-0.1, -0.05) is 0 Å². The average Bonchev–Trinajstić information content (AvgIpc) is 2.63. The zero-order valence-electron chi connectivity index (χ0n) is 7.67. The third-order valence-corrected chi connectivity index (χ3v) is 3.06. The molecule has 0 saturated carbocycles. The standard InChI is InChI=1S/C10H10INO2/c1-14-5-6-2-9(11)7-3-12-4-8(7)10(6)13/h2-4,12-13H,5H2,1H3. The van der Waals surface area contributed by atoms with Crippen LogP contribution < -0.4 is 0 Å². The first kappa shape index (κ1) is 9.79. The second kappa shape index (κ2) is 3.78. The number of nitrogens with one attached hydrogen (secondary N) is 1. The van der Waals surface area contributed by atoms with Gasteiger partial charge in [0.05, 0.1) is 6.61 Å². The summed E-state index contributed by atoms with van der Waals surface area (Å²) in [4.78, 5) is 2.98. The predicted octanol–water partition coefficient (Wildman–Crippen LogP) is 2.62. The van der Waals surface area contributed by atoms with Crippen molar-refractivity contribution < 1.29 is 9.84 Å². The van der Waals surface area contributed by atoms with Crippen LogP contribution in [0.1, 0.15) is 5.56 Å². The topological polar surface area (TPSA) is 45.2 Å². The average molecular weight is 303 g/mol. The molecule has 1 aromatic carbocycles. The van der Waals surface area contributed by atoms with Gasteiger partial charge in [0.2, 0.25) is 0 Å². The number of halogens is 1. The number of ether oxygens (including phenoxy) is 1. The van der Waals surface area contributed by atoms with Gasteiger partial charge in [0.15, 0.2) is 0 Å². The van der Waals surface area contributed by atoms with Crippen LogP contribution in [0.5, 0.6) is 5.75 Å². The second-order valence-electron chi connectivity index (χ2n) is 3.08. The number of hydrogen-bond donors (Lipinski definition) is 2. The molecular formula is C10H10INO2. The van der Waals surface area contributed by atoms with Gasteiger partial charge in [-0.2, -0.15) is 0 Å². The Morgan fingerprint density at radius 1 is 1.43 bits per heavy atom. The first-order chi connectivity index (χ1) is 6.74. The molecule has 0 saturated heterocycles. The number of phenols is 1. The summed E-state index contributed by atoms with van der Waals surface area (Å²) in [5, 5.41) is 11.8. The molecular weight excluding hydrogens is 293 g/mol. The van der Waals surface area contributed by atoms with E-state index in [-0.39, 0.29) is 0 Å². The summed E-state index contributed by atoms with van der Waals surface area (Å²) in [7, 11) is 1.62. The molecule has 0 atom stereocenters. The Morgan fingerprint density at radius 3 is 2.86 bits per heavy atom. The van der Waals surface area contributed by atoms with Crippen LogP contribution in [0.4, 0.5) is 0 Å².